The van der Waals surface area contributed by atoms with Crippen LogP contribution in [-0.4, -0.2) is 18.8 Å². The largest absolute Gasteiger partial charge is 0.412 e. The summed E-state index contributed by atoms with van der Waals surface area (Å²) in [4.78, 5) is 0. The van der Waals surface area contributed by atoms with Crippen LogP contribution in [0.25, 0.3) is 0 Å². The predicted molar refractivity (Wildman–Crippen MR) is 44.0 cm³/mol. The van der Waals surface area contributed by atoms with Crippen molar-refractivity contribution in [3.05, 3.63) is 29.0 Å². The van der Waals surface area contributed by atoms with Gasteiger partial charge in [-0.05, 0) is 12.1 Å². The quantitative estimate of drug-likeness (QED) is 0.484. The molecule has 0 fully saturated rings. The van der Waals surface area contributed by atoms with Gasteiger partial charge in [-0.2, -0.15) is 0 Å². The molecule has 0 saturated heterocycles. The number of benzene rings is 1. The van der Waals surface area contributed by atoms with Crippen molar-refractivity contribution in [1.82, 2.24) is 0 Å². The lowest BCUT2D eigenvalue weighted by atomic mass is 9.97. The maximum Gasteiger partial charge on any atom is 0.141 e. The van der Waals surface area contributed by atoms with Gasteiger partial charge in [0.05, 0.1) is 5.02 Å². The van der Waals surface area contributed by atoms with Crippen LogP contribution in [0.3, 0.4) is 0 Å². The van der Waals surface area contributed by atoms with Crippen molar-refractivity contribution in [2.45, 2.75) is 0 Å². The Morgan fingerprint density at radius 3 is 2.18 bits per heavy atom. The molecule has 0 aliphatic rings. The van der Waals surface area contributed by atoms with Crippen LogP contribution < -0.4 is 5.46 Å². The van der Waals surface area contributed by atoms with Crippen LogP contribution in [0.2, 0.25) is 5.02 Å². The summed E-state index contributed by atoms with van der Waals surface area (Å²) in [5.74, 6) is -0.439. The van der Waals surface area contributed by atoms with Crippen molar-refractivity contribution < 1.29 is 15.3 Å². The lowest BCUT2D eigenvalue weighted by Crippen LogP contribution is -2.00. The molecule has 1 aromatic carbocycles. The average Bonchev–Trinajstić information content (AvgIpc) is 1.80. The van der Waals surface area contributed by atoms with Gasteiger partial charge in [-0.3, -0.25) is 0 Å². The Kier molecular flexibility index (Phi) is 6.08. The van der Waals surface area contributed by atoms with Gasteiger partial charge >= 0.3 is 0 Å². The number of hydrogen-bond acceptors (Lipinski definition) is 0. The van der Waals surface area contributed by atoms with Crippen LogP contribution in [0.5, 0.6) is 0 Å². The number of halogens is 2. The third-order valence-electron chi connectivity index (χ3n) is 0.944. The van der Waals surface area contributed by atoms with Gasteiger partial charge < -0.3 is 11.0 Å². The van der Waals surface area contributed by atoms with E-state index in [0.29, 0.717) is 5.46 Å². The van der Waals surface area contributed by atoms with Crippen molar-refractivity contribution in [3.63, 3.8) is 0 Å². The Balaban J connectivity index is 0. The van der Waals surface area contributed by atoms with Gasteiger partial charge in [0.2, 0.25) is 0 Å². The minimum Gasteiger partial charge on any atom is -0.412 e. The molecule has 0 heterocycles. The number of rotatable bonds is 0. The minimum atomic E-state index is -0.439. The van der Waals surface area contributed by atoms with E-state index in [9.17, 15) is 4.39 Å². The highest BCUT2D eigenvalue weighted by Gasteiger charge is 1.95. The molecular weight excluding hydrogens is 169 g/mol. The first-order valence-electron chi connectivity index (χ1n) is 2.40. The molecule has 0 aliphatic heterocycles. The molecule has 0 atom stereocenters. The first-order chi connectivity index (χ1) is 4.20. The Bertz CT molecular complexity index is 232. The van der Waals surface area contributed by atoms with Crippen LogP contribution in [0, 0.1) is 5.82 Å². The molecule has 0 saturated carbocycles. The second kappa shape index (κ2) is 5.13. The van der Waals surface area contributed by atoms with Crippen molar-refractivity contribution in [2.24, 2.45) is 0 Å². The predicted octanol–water partition coefficient (Wildman–Crippen LogP) is -0.377. The molecule has 0 amide bonds. The summed E-state index contributed by atoms with van der Waals surface area (Å²) < 4.78 is 12.3. The Labute approximate surface area is 70.0 Å². The lowest BCUT2D eigenvalue weighted by molar-refractivity contribution is 0.628. The molecule has 0 aliphatic carbocycles. The van der Waals surface area contributed by atoms with Gasteiger partial charge in [0.15, 0.2) is 0 Å². The van der Waals surface area contributed by atoms with Crippen LogP contribution in [0.15, 0.2) is 18.2 Å². The maximum atomic E-state index is 12.3. The molecule has 1 rings (SSSR count). The van der Waals surface area contributed by atoms with Gasteiger partial charge in [0, 0.05) is 0 Å². The first kappa shape index (κ1) is 13.0. The minimum absolute atomic E-state index is 0. The van der Waals surface area contributed by atoms with E-state index in [4.69, 9.17) is 19.4 Å². The molecule has 4 N–H and O–H groups in total. The van der Waals surface area contributed by atoms with Crippen LogP contribution in [-0.2, 0) is 0 Å². The number of hydrogen-bond donors (Lipinski definition) is 0. The molecule has 2 radical (unpaired) electrons. The monoisotopic (exact) mass is 176 g/mol. The van der Waals surface area contributed by atoms with E-state index < -0.39 is 5.82 Å². The van der Waals surface area contributed by atoms with Gasteiger partial charge in [0.1, 0.15) is 13.7 Å². The van der Waals surface area contributed by atoms with E-state index in [2.05, 4.69) is 0 Å². The van der Waals surface area contributed by atoms with Crippen molar-refractivity contribution in [3.8, 4) is 0 Å². The molecule has 0 aromatic heterocycles. The van der Waals surface area contributed by atoms with E-state index in [1.54, 1.807) is 0 Å². The Morgan fingerprint density at radius 1 is 1.27 bits per heavy atom. The van der Waals surface area contributed by atoms with Crippen molar-refractivity contribution >= 4 is 24.9 Å². The highest BCUT2D eigenvalue weighted by atomic mass is 35.5. The zero-order valence-corrected chi connectivity index (χ0v) is 6.32. The van der Waals surface area contributed by atoms with Crippen LogP contribution >= 0.6 is 11.6 Å². The molecule has 5 heteroatoms. The summed E-state index contributed by atoms with van der Waals surface area (Å²) in [6.07, 6.45) is 0. The van der Waals surface area contributed by atoms with Gasteiger partial charge in [-0.25, -0.2) is 4.39 Å². The molecule has 11 heavy (non-hydrogen) atoms. The van der Waals surface area contributed by atoms with Gasteiger partial charge in [-0.1, -0.05) is 23.1 Å². The molecule has 0 spiro atoms. The van der Waals surface area contributed by atoms with Crippen LogP contribution in [0.4, 0.5) is 4.39 Å². The standard InChI is InChI=1S/C6H3BClF.2H2O/c7-4-1-2-6(9)5(8)3-4;;/h1-3H;2*1H2. The topological polar surface area (TPSA) is 63.0 Å². The molecule has 2 nitrogen and oxygen atoms in total. The molecule has 1 aromatic rings. The first-order valence-corrected chi connectivity index (χ1v) is 2.78. The summed E-state index contributed by atoms with van der Waals surface area (Å²) in [6.45, 7) is 0. The summed E-state index contributed by atoms with van der Waals surface area (Å²) in [5.41, 5.74) is 0.474. The molecule has 0 bridgehead atoms. The van der Waals surface area contributed by atoms with E-state index >= 15 is 0 Å². The third-order valence-corrected chi connectivity index (χ3v) is 1.23. The van der Waals surface area contributed by atoms with Gasteiger partial charge in [0.25, 0.3) is 0 Å². The fourth-order valence-corrected chi connectivity index (χ4v) is 0.701. The summed E-state index contributed by atoms with van der Waals surface area (Å²) in [6, 6.07) is 4.07. The molecular formula is C6H7BClFO2. The zero-order valence-electron chi connectivity index (χ0n) is 5.57. The molecule has 60 valence electrons. The second-order valence-corrected chi connectivity index (χ2v) is 2.08. The smallest absolute Gasteiger partial charge is 0.141 e. The average molecular weight is 176 g/mol. The van der Waals surface area contributed by atoms with E-state index in [-0.39, 0.29) is 16.0 Å². The van der Waals surface area contributed by atoms with Crippen molar-refractivity contribution in [1.29, 1.82) is 0 Å². The lowest BCUT2D eigenvalue weighted by Gasteiger charge is -1.93. The summed E-state index contributed by atoms with van der Waals surface area (Å²) >= 11 is 5.36. The third kappa shape index (κ3) is 3.37. The summed E-state index contributed by atoms with van der Waals surface area (Å²) in [5, 5.41) is 0.0648. The highest BCUT2D eigenvalue weighted by molar-refractivity contribution is 6.36. The van der Waals surface area contributed by atoms with Gasteiger partial charge in [-0.15, -0.1) is 0 Å². The second-order valence-electron chi connectivity index (χ2n) is 1.67. The normalized spacial score (nSPS) is 7.82. The Hall–Kier alpha value is -0.575. The van der Waals surface area contributed by atoms with E-state index in [0.717, 1.165) is 0 Å². The van der Waals surface area contributed by atoms with Crippen molar-refractivity contribution in [2.75, 3.05) is 0 Å². The highest BCUT2D eigenvalue weighted by Crippen LogP contribution is 2.09. The zero-order chi connectivity index (χ0) is 6.85. The SMILES string of the molecule is O.O.[B]c1ccc(F)c(Cl)c1. The van der Waals surface area contributed by atoms with Crippen LogP contribution in [0.1, 0.15) is 0 Å². The van der Waals surface area contributed by atoms with E-state index in [1.165, 1.54) is 18.2 Å². The Morgan fingerprint density at radius 2 is 1.82 bits per heavy atom. The maximum absolute atomic E-state index is 12.3. The fourth-order valence-electron chi connectivity index (χ4n) is 0.512. The molecule has 0 unspecified atom stereocenters. The summed E-state index contributed by atoms with van der Waals surface area (Å²) in [7, 11) is 5.28. The van der Waals surface area contributed by atoms with E-state index in [1.807, 2.05) is 0 Å². The fraction of sp³-hybridized carbons (Fsp3) is 0.